The van der Waals surface area contributed by atoms with Crippen LogP contribution in [0.3, 0.4) is 0 Å². The van der Waals surface area contributed by atoms with Crippen molar-refractivity contribution in [3.63, 3.8) is 0 Å². The lowest BCUT2D eigenvalue weighted by Gasteiger charge is -2.25. The van der Waals surface area contributed by atoms with Crippen LogP contribution in [0.5, 0.6) is 5.75 Å². The Labute approximate surface area is 151 Å². The van der Waals surface area contributed by atoms with E-state index in [2.05, 4.69) is 23.2 Å². The number of hydrogen-bond acceptors (Lipinski definition) is 3. The molecule has 26 heavy (non-hydrogen) atoms. The molecule has 0 aliphatic carbocycles. The van der Waals surface area contributed by atoms with Crippen LogP contribution in [0.1, 0.15) is 17.5 Å². The number of aromatic nitrogens is 1. The molecule has 1 aromatic heterocycles. The minimum atomic E-state index is 0.250. The van der Waals surface area contributed by atoms with Crippen molar-refractivity contribution in [1.82, 2.24) is 4.98 Å². The average molecular weight is 342 g/mol. The SMILES string of the molecule is O=C1CCc2cc(-c3cncc(-c4ccc(O)cc4)c3)cc3c2N1CC3. The molecule has 0 fully saturated rings. The Morgan fingerprint density at radius 1 is 0.808 bits per heavy atom. The van der Waals surface area contributed by atoms with E-state index in [1.807, 2.05) is 29.4 Å². The molecule has 3 aromatic rings. The summed E-state index contributed by atoms with van der Waals surface area (Å²) in [5.74, 6) is 0.509. The van der Waals surface area contributed by atoms with E-state index in [1.54, 1.807) is 12.1 Å². The minimum Gasteiger partial charge on any atom is -0.508 e. The summed E-state index contributed by atoms with van der Waals surface area (Å²) in [7, 11) is 0. The van der Waals surface area contributed by atoms with Gasteiger partial charge in [-0.25, -0.2) is 0 Å². The number of phenolic OH excluding ortho intramolecular Hbond substituents is 1. The number of anilines is 1. The van der Waals surface area contributed by atoms with Gasteiger partial charge in [0.2, 0.25) is 5.91 Å². The quantitative estimate of drug-likeness (QED) is 0.767. The van der Waals surface area contributed by atoms with Crippen LogP contribution in [-0.4, -0.2) is 22.5 Å². The van der Waals surface area contributed by atoms with Crippen molar-refractivity contribution in [3.8, 4) is 28.0 Å². The predicted molar refractivity (Wildman–Crippen MR) is 101 cm³/mol. The molecule has 1 N–H and O–H groups in total. The molecule has 0 saturated carbocycles. The summed E-state index contributed by atoms with van der Waals surface area (Å²) in [6.07, 6.45) is 6.07. The Morgan fingerprint density at radius 2 is 1.50 bits per heavy atom. The Morgan fingerprint density at radius 3 is 2.27 bits per heavy atom. The van der Waals surface area contributed by atoms with Crippen molar-refractivity contribution in [2.75, 3.05) is 11.4 Å². The largest absolute Gasteiger partial charge is 0.508 e. The fourth-order valence-electron chi connectivity index (χ4n) is 4.03. The van der Waals surface area contributed by atoms with E-state index >= 15 is 0 Å². The second-order valence-electron chi connectivity index (χ2n) is 6.95. The Bertz CT molecular complexity index is 1020. The molecule has 0 saturated heterocycles. The molecule has 2 aromatic carbocycles. The van der Waals surface area contributed by atoms with Gasteiger partial charge in [-0.05, 0) is 65.4 Å². The third kappa shape index (κ3) is 2.37. The van der Waals surface area contributed by atoms with Gasteiger partial charge in [-0.1, -0.05) is 12.1 Å². The van der Waals surface area contributed by atoms with Crippen molar-refractivity contribution in [1.29, 1.82) is 0 Å². The number of carbonyl (C=O) groups is 1. The van der Waals surface area contributed by atoms with E-state index < -0.39 is 0 Å². The van der Waals surface area contributed by atoms with Crippen molar-refractivity contribution in [3.05, 3.63) is 66.0 Å². The summed E-state index contributed by atoms with van der Waals surface area (Å²) in [6, 6.07) is 13.7. The molecule has 0 radical (unpaired) electrons. The van der Waals surface area contributed by atoms with Gasteiger partial charge in [0.15, 0.2) is 0 Å². The highest BCUT2D eigenvalue weighted by atomic mass is 16.3. The van der Waals surface area contributed by atoms with Crippen LogP contribution in [-0.2, 0) is 17.6 Å². The van der Waals surface area contributed by atoms with Crippen LogP contribution in [0.4, 0.5) is 5.69 Å². The fourth-order valence-corrected chi connectivity index (χ4v) is 4.03. The number of hydrogen-bond donors (Lipinski definition) is 1. The van der Waals surface area contributed by atoms with Gasteiger partial charge in [0.05, 0.1) is 5.69 Å². The predicted octanol–water partition coefficient (Wildman–Crippen LogP) is 3.96. The molecule has 0 atom stereocenters. The number of nitrogens with zero attached hydrogens (tertiary/aromatic N) is 2. The zero-order valence-corrected chi connectivity index (χ0v) is 14.3. The lowest BCUT2D eigenvalue weighted by molar-refractivity contribution is -0.118. The van der Waals surface area contributed by atoms with Crippen molar-refractivity contribution in [2.24, 2.45) is 0 Å². The third-order valence-corrected chi connectivity index (χ3v) is 5.32. The Balaban J connectivity index is 1.58. The molecule has 0 bridgehead atoms. The highest BCUT2D eigenvalue weighted by Gasteiger charge is 2.31. The van der Waals surface area contributed by atoms with Gasteiger partial charge in [0, 0.05) is 36.5 Å². The number of phenols is 1. The molecule has 4 nitrogen and oxygen atoms in total. The molecule has 0 spiro atoms. The van der Waals surface area contributed by atoms with Gasteiger partial charge >= 0.3 is 0 Å². The van der Waals surface area contributed by atoms with E-state index in [4.69, 9.17) is 0 Å². The number of pyridine rings is 1. The minimum absolute atomic E-state index is 0.250. The number of aromatic hydroxyl groups is 1. The van der Waals surface area contributed by atoms with Gasteiger partial charge in [0.1, 0.15) is 5.75 Å². The van der Waals surface area contributed by atoms with Gasteiger partial charge < -0.3 is 10.0 Å². The molecular weight excluding hydrogens is 324 g/mol. The molecule has 1 amide bonds. The number of rotatable bonds is 2. The summed E-state index contributed by atoms with van der Waals surface area (Å²) in [6.45, 7) is 0.802. The van der Waals surface area contributed by atoms with E-state index in [0.717, 1.165) is 47.3 Å². The second kappa shape index (κ2) is 5.70. The highest BCUT2D eigenvalue weighted by molar-refractivity contribution is 5.99. The zero-order valence-electron chi connectivity index (χ0n) is 14.3. The molecule has 0 unspecified atom stereocenters. The molecular formula is C22H18N2O2. The van der Waals surface area contributed by atoms with Gasteiger partial charge in [-0.2, -0.15) is 0 Å². The first-order valence-corrected chi connectivity index (χ1v) is 8.90. The third-order valence-electron chi connectivity index (χ3n) is 5.32. The Hall–Kier alpha value is -3.14. The van der Waals surface area contributed by atoms with Crippen LogP contribution in [0.15, 0.2) is 54.9 Å². The summed E-state index contributed by atoms with van der Waals surface area (Å²) < 4.78 is 0. The zero-order chi connectivity index (χ0) is 17.7. The van der Waals surface area contributed by atoms with Crippen LogP contribution in [0.2, 0.25) is 0 Å². The topological polar surface area (TPSA) is 53.4 Å². The van der Waals surface area contributed by atoms with Crippen LogP contribution < -0.4 is 4.90 Å². The summed E-state index contributed by atoms with van der Waals surface area (Å²) in [5, 5.41) is 9.49. The van der Waals surface area contributed by atoms with Gasteiger partial charge in [-0.15, -0.1) is 0 Å². The van der Waals surface area contributed by atoms with Crippen LogP contribution in [0.25, 0.3) is 22.3 Å². The highest BCUT2D eigenvalue weighted by Crippen LogP contribution is 2.40. The molecule has 4 heteroatoms. The molecule has 3 heterocycles. The van der Waals surface area contributed by atoms with Crippen molar-refractivity contribution in [2.45, 2.75) is 19.3 Å². The van der Waals surface area contributed by atoms with Crippen molar-refractivity contribution >= 4 is 11.6 Å². The maximum absolute atomic E-state index is 12.1. The smallest absolute Gasteiger partial charge is 0.227 e. The maximum Gasteiger partial charge on any atom is 0.227 e. The van der Waals surface area contributed by atoms with Gasteiger partial charge in [0.25, 0.3) is 0 Å². The summed E-state index contributed by atoms with van der Waals surface area (Å²) >= 11 is 0. The second-order valence-corrected chi connectivity index (χ2v) is 6.95. The van der Waals surface area contributed by atoms with E-state index in [0.29, 0.717) is 6.42 Å². The standard InChI is InChI=1S/C22H18N2O2/c25-20-4-1-14(2-5-20)18-11-19(13-23-12-18)17-9-15-3-6-21(26)24-8-7-16(10-17)22(15)24/h1-2,4-5,9-13,25H,3,6-8H2. The number of benzene rings is 2. The summed E-state index contributed by atoms with van der Waals surface area (Å²) in [4.78, 5) is 18.5. The maximum atomic E-state index is 12.1. The fraction of sp³-hybridized carbons (Fsp3) is 0.182. The van der Waals surface area contributed by atoms with E-state index in [-0.39, 0.29) is 11.7 Å². The molecule has 2 aliphatic heterocycles. The van der Waals surface area contributed by atoms with Crippen LogP contribution >= 0.6 is 0 Å². The average Bonchev–Trinajstić information content (AvgIpc) is 3.11. The van der Waals surface area contributed by atoms with Crippen molar-refractivity contribution < 1.29 is 9.90 Å². The first-order chi connectivity index (χ1) is 12.7. The van der Waals surface area contributed by atoms with Crippen LogP contribution in [0, 0.1) is 0 Å². The Kier molecular flexibility index (Phi) is 3.32. The van der Waals surface area contributed by atoms with E-state index in [1.165, 1.54) is 11.1 Å². The normalized spacial score (nSPS) is 15.2. The summed E-state index contributed by atoms with van der Waals surface area (Å²) in [5.41, 5.74) is 7.95. The van der Waals surface area contributed by atoms with E-state index in [9.17, 15) is 9.90 Å². The first-order valence-electron chi connectivity index (χ1n) is 8.90. The number of carbonyl (C=O) groups excluding carboxylic acids is 1. The molecule has 2 aliphatic rings. The first kappa shape index (κ1) is 15.1. The molecule has 5 rings (SSSR count). The lowest BCUT2D eigenvalue weighted by Crippen LogP contribution is -2.32. The van der Waals surface area contributed by atoms with Gasteiger partial charge in [-0.3, -0.25) is 9.78 Å². The molecule has 128 valence electrons. The monoisotopic (exact) mass is 342 g/mol. The lowest BCUT2D eigenvalue weighted by atomic mass is 9.93. The number of aryl methyl sites for hydroxylation is 1. The number of amides is 1.